The van der Waals surface area contributed by atoms with Crippen LogP contribution in [0.25, 0.3) is 23.3 Å². The van der Waals surface area contributed by atoms with Crippen molar-refractivity contribution in [3.63, 3.8) is 0 Å². The van der Waals surface area contributed by atoms with Crippen LogP contribution in [0.5, 0.6) is 0 Å². The van der Waals surface area contributed by atoms with E-state index in [1.807, 2.05) is 37.3 Å². The molecule has 0 bridgehead atoms. The molecule has 7 heteroatoms. The van der Waals surface area contributed by atoms with Crippen molar-refractivity contribution in [1.82, 2.24) is 19.1 Å². The van der Waals surface area contributed by atoms with Gasteiger partial charge in [0.2, 0.25) is 0 Å². The maximum absolute atomic E-state index is 12.4. The second-order valence-electron chi connectivity index (χ2n) is 5.28. The SMILES string of the molecule is CCn1c(=O)c2[nH]c(C=Cc3ccc(Br)cc3)nc2n(CC)c1=O. The summed E-state index contributed by atoms with van der Waals surface area (Å²) in [6.07, 6.45) is 3.69. The van der Waals surface area contributed by atoms with E-state index in [1.165, 1.54) is 9.13 Å². The van der Waals surface area contributed by atoms with E-state index in [9.17, 15) is 9.59 Å². The summed E-state index contributed by atoms with van der Waals surface area (Å²) in [6, 6.07) is 7.84. The van der Waals surface area contributed by atoms with Gasteiger partial charge in [-0.3, -0.25) is 13.9 Å². The van der Waals surface area contributed by atoms with Crippen LogP contribution in [-0.2, 0) is 13.1 Å². The van der Waals surface area contributed by atoms with Crippen molar-refractivity contribution in [1.29, 1.82) is 0 Å². The largest absolute Gasteiger partial charge is 0.333 e. The molecule has 1 N–H and O–H groups in total. The molecule has 0 spiro atoms. The van der Waals surface area contributed by atoms with Crippen molar-refractivity contribution >= 4 is 39.2 Å². The number of fused-ring (bicyclic) bond motifs is 1. The summed E-state index contributed by atoms with van der Waals surface area (Å²) >= 11 is 3.40. The van der Waals surface area contributed by atoms with Crippen molar-refractivity contribution in [3.05, 3.63) is 61.0 Å². The highest BCUT2D eigenvalue weighted by Gasteiger charge is 2.14. The van der Waals surface area contributed by atoms with Gasteiger partial charge >= 0.3 is 5.69 Å². The standard InChI is InChI=1S/C17H17BrN4O2/c1-3-21-15-14(16(23)22(4-2)17(21)24)19-13(20-15)10-7-11-5-8-12(18)9-6-11/h5-10H,3-4H2,1-2H3,(H,19,20). The number of aromatic nitrogens is 4. The predicted molar refractivity (Wildman–Crippen MR) is 99.0 cm³/mol. The van der Waals surface area contributed by atoms with Crippen LogP contribution in [-0.4, -0.2) is 19.1 Å². The van der Waals surface area contributed by atoms with Crippen LogP contribution < -0.4 is 11.2 Å². The third-order valence-corrected chi connectivity index (χ3v) is 4.34. The number of H-pyrrole nitrogens is 1. The van der Waals surface area contributed by atoms with Crippen LogP contribution in [0, 0.1) is 0 Å². The highest BCUT2D eigenvalue weighted by molar-refractivity contribution is 9.10. The zero-order valence-corrected chi connectivity index (χ0v) is 15.0. The molecule has 0 aliphatic carbocycles. The van der Waals surface area contributed by atoms with Gasteiger partial charge in [-0.1, -0.05) is 34.1 Å². The Balaban J connectivity index is 2.11. The molecule has 6 nitrogen and oxygen atoms in total. The molecule has 3 aromatic rings. The molecule has 0 saturated carbocycles. The van der Waals surface area contributed by atoms with Gasteiger partial charge in [-0.05, 0) is 37.6 Å². The summed E-state index contributed by atoms with van der Waals surface area (Å²) in [5.41, 5.74) is 1.10. The summed E-state index contributed by atoms with van der Waals surface area (Å²) in [4.78, 5) is 32.2. The van der Waals surface area contributed by atoms with Crippen LogP contribution >= 0.6 is 15.9 Å². The number of hydrogen-bond acceptors (Lipinski definition) is 3. The second-order valence-corrected chi connectivity index (χ2v) is 6.20. The maximum atomic E-state index is 12.4. The first-order valence-corrected chi connectivity index (χ1v) is 8.51. The van der Waals surface area contributed by atoms with Crippen LogP contribution in [0.3, 0.4) is 0 Å². The lowest BCUT2D eigenvalue weighted by Crippen LogP contribution is -2.39. The normalized spacial score (nSPS) is 11.6. The topological polar surface area (TPSA) is 72.7 Å². The minimum atomic E-state index is -0.335. The molecule has 0 aliphatic heterocycles. The highest BCUT2D eigenvalue weighted by atomic mass is 79.9. The zero-order valence-electron chi connectivity index (χ0n) is 13.4. The van der Waals surface area contributed by atoms with Gasteiger partial charge < -0.3 is 4.98 Å². The Bertz CT molecular complexity index is 1030. The Morgan fingerprint density at radius 3 is 2.38 bits per heavy atom. The highest BCUT2D eigenvalue weighted by Crippen LogP contribution is 2.13. The summed E-state index contributed by atoms with van der Waals surface area (Å²) in [5.74, 6) is 0.542. The molecule has 0 fully saturated rings. The van der Waals surface area contributed by atoms with E-state index >= 15 is 0 Å². The number of imidazole rings is 1. The molecule has 0 aliphatic rings. The van der Waals surface area contributed by atoms with Crippen LogP contribution in [0.2, 0.25) is 0 Å². The van der Waals surface area contributed by atoms with Gasteiger partial charge in [0.1, 0.15) is 11.3 Å². The molecule has 0 unspecified atom stereocenters. The molecule has 2 heterocycles. The molecule has 2 aromatic heterocycles. The molecular weight excluding hydrogens is 372 g/mol. The predicted octanol–water partition coefficient (Wildman–Crippen LogP) is 2.86. The fraction of sp³-hybridized carbons (Fsp3) is 0.235. The summed E-state index contributed by atoms with van der Waals surface area (Å²) in [7, 11) is 0. The number of hydrogen-bond donors (Lipinski definition) is 1. The summed E-state index contributed by atoms with van der Waals surface area (Å²) in [6.45, 7) is 4.42. The maximum Gasteiger partial charge on any atom is 0.332 e. The molecule has 24 heavy (non-hydrogen) atoms. The lowest BCUT2D eigenvalue weighted by molar-refractivity contribution is 0.605. The van der Waals surface area contributed by atoms with Gasteiger partial charge in [-0.15, -0.1) is 0 Å². The van der Waals surface area contributed by atoms with Gasteiger partial charge in [0.15, 0.2) is 5.65 Å². The fourth-order valence-electron chi connectivity index (χ4n) is 2.58. The van der Waals surface area contributed by atoms with Gasteiger partial charge in [0, 0.05) is 17.6 Å². The van der Waals surface area contributed by atoms with Crippen LogP contribution in [0.15, 0.2) is 38.3 Å². The Hall–Kier alpha value is -2.41. The van der Waals surface area contributed by atoms with Gasteiger partial charge in [-0.25, -0.2) is 9.78 Å². The van der Waals surface area contributed by atoms with Gasteiger partial charge in [0.25, 0.3) is 5.56 Å². The van der Waals surface area contributed by atoms with E-state index in [4.69, 9.17) is 0 Å². The number of aromatic amines is 1. The first-order valence-electron chi connectivity index (χ1n) is 7.72. The molecule has 0 radical (unpaired) electrons. The number of aryl methyl sites for hydroxylation is 1. The molecule has 3 rings (SSSR count). The van der Waals surface area contributed by atoms with Crippen molar-refractivity contribution in [2.45, 2.75) is 26.9 Å². The molecule has 0 saturated heterocycles. The van der Waals surface area contributed by atoms with E-state index in [1.54, 1.807) is 13.0 Å². The lowest BCUT2D eigenvalue weighted by atomic mass is 10.2. The Kier molecular flexibility index (Phi) is 4.53. The van der Waals surface area contributed by atoms with Crippen molar-refractivity contribution in [2.75, 3.05) is 0 Å². The van der Waals surface area contributed by atoms with E-state index in [0.29, 0.717) is 30.1 Å². The quantitative estimate of drug-likeness (QED) is 0.746. The average Bonchev–Trinajstić information content (AvgIpc) is 2.99. The molecule has 124 valence electrons. The van der Waals surface area contributed by atoms with Gasteiger partial charge in [-0.2, -0.15) is 0 Å². The van der Waals surface area contributed by atoms with E-state index in [2.05, 4.69) is 25.9 Å². The monoisotopic (exact) mass is 388 g/mol. The van der Waals surface area contributed by atoms with Crippen molar-refractivity contribution in [2.24, 2.45) is 0 Å². The minimum absolute atomic E-state index is 0.326. The fourth-order valence-corrected chi connectivity index (χ4v) is 2.84. The average molecular weight is 389 g/mol. The Morgan fingerprint density at radius 2 is 1.75 bits per heavy atom. The van der Waals surface area contributed by atoms with Crippen LogP contribution in [0.4, 0.5) is 0 Å². The first-order chi connectivity index (χ1) is 11.5. The molecular formula is C17H17BrN4O2. The summed E-state index contributed by atoms with van der Waals surface area (Å²) in [5, 5.41) is 0. The number of nitrogens with zero attached hydrogens (tertiary/aromatic N) is 3. The van der Waals surface area contributed by atoms with E-state index in [0.717, 1.165) is 10.0 Å². The smallest absolute Gasteiger partial charge is 0.332 e. The minimum Gasteiger partial charge on any atom is -0.333 e. The second kappa shape index (κ2) is 6.60. The van der Waals surface area contributed by atoms with Crippen LogP contribution in [0.1, 0.15) is 25.2 Å². The number of halogens is 1. The number of nitrogens with one attached hydrogen (secondary N) is 1. The number of rotatable bonds is 4. The van der Waals surface area contributed by atoms with E-state index in [-0.39, 0.29) is 11.2 Å². The third-order valence-electron chi connectivity index (χ3n) is 3.82. The Labute approximate surface area is 146 Å². The Morgan fingerprint density at radius 1 is 1.08 bits per heavy atom. The zero-order chi connectivity index (χ0) is 17.3. The molecule has 0 amide bonds. The summed E-state index contributed by atoms with van der Waals surface area (Å²) < 4.78 is 3.73. The van der Waals surface area contributed by atoms with Gasteiger partial charge in [0.05, 0.1) is 0 Å². The lowest BCUT2D eigenvalue weighted by Gasteiger charge is -2.06. The first kappa shape index (κ1) is 16.4. The molecule has 1 aromatic carbocycles. The van der Waals surface area contributed by atoms with Crippen molar-refractivity contribution < 1.29 is 0 Å². The molecule has 0 atom stereocenters. The van der Waals surface area contributed by atoms with Crippen molar-refractivity contribution in [3.8, 4) is 0 Å². The third kappa shape index (κ3) is 2.87. The number of benzene rings is 1. The van der Waals surface area contributed by atoms with E-state index < -0.39 is 0 Å².